The summed E-state index contributed by atoms with van der Waals surface area (Å²) in [6.45, 7) is 1.60. The van der Waals surface area contributed by atoms with E-state index in [-0.39, 0.29) is 23.4 Å². The van der Waals surface area contributed by atoms with Crippen LogP contribution in [0.15, 0.2) is 66.7 Å². The summed E-state index contributed by atoms with van der Waals surface area (Å²) in [5.41, 5.74) is 3.72. The van der Waals surface area contributed by atoms with Crippen LogP contribution in [0.1, 0.15) is 57.8 Å². The molecule has 1 aliphatic rings. The first kappa shape index (κ1) is 18.9. The van der Waals surface area contributed by atoms with Crippen LogP contribution in [0.25, 0.3) is 0 Å². The highest BCUT2D eigenvalue weighted by molar-refractivity contribution is 6.39. The molecule has 4 rings (SSSR count). The first-order chi connectivity index (χ1) is 13.5. The summed E-state index contributed by atoms with van der Waals surface area (Å²) in [5, 5.41) is 0.820. The fourth-order valence-electron chi connectivity index (χ4n) is 4.24. The maximum Gasteiger partial charge on any atom is 0.196 e. The van der Waals surface area contributed by atoms with E-state index in [9.17, 15) is 9.59 Å². The molecule has 0 radical (unpaired) electrons. The van der Waals surface area contributed by atoms with Crippen molar-refractivity contribution in [3.8, 4) is 0 Å². The first-order valence-corrected chi connectivity index (χ1v) is 9.90. The lowest BCUT2D eigenvalue weighted by molar-refractivity contribution is -0.117. The molecular formula is C24H18Cl2O2. The molecule has 0 N–H and O–H groups in total. The molecular weight excluding hydrogens is 391 g/mol. The van der Waals surface area contributed by atoms with Crippen LogP contribution < -0.4 is 0 Å². The van der Waals surface area contributed by atoms with Gasteiger partial charge in [-0.1, -0.05) is 77.8 Å². The Balaban J connectivity index is 2.02. The van der Waals surface area contributed by atoms with E-state index in [0.717, 1.165) is 16.7 Å². The van der Waals surface area contributed by atoms with Crippen molar-refractivity contribution in [3.05, 3.63) is 105 Å². The Morgan fingerprint density at radius 3 is 1.89 bits per heavy atom. The lowest BCUT2D eigenvalue weighted by atomic mass is 9.68. The summed E-state index contributed by atoms with van der Waals surface area (Å²) in [6.07, 6.45) is 0.362. The number of halogens is 2. The van der Waals surface area contributed by atoms with Gasteiger partial charge in [-0.2, -0.15) is 0 Å². The fourth-order valence-corrected chi connectivity index (χ4v) is 4.78. The predicted molar refractivity (Wildman–Crippen MR) is 113 cm³/mol. The number of Topliss-reactive ketones (excluding diaryl/α,β-unsaturated/α-hetero) is 1. The molecule has 3 aromatic rings. The molecule has 3 aromatic carbocycles. The number of fused-ring (bicyclic) bond motifs is 2. The summed E-state index contributed by atoms with van der Waals surface area (Å²) in [5.74, 6) is -0.377. The van der Waals surface area contributed by atoms with E-state index in [1.807, 2.05) is 54.6 Å². The lowest BCUT2D eigenvalue weighted by Crippen LogP contribution is -2.25. The zero-order valence-corrected chi connectivity index (χ0v) is 16.8. The Morgan fingerprint density at radius 1 is 0.857 bits per heavy atom. The van der Waals surface area contributed by atoms with Crippen molar-refractivity contribution in [1.29, 1.82) is 0 Å². The van der Waals surface area contributed by atoms with Crippen molar-refractivity contribution < 1.29 is 9.59 Å². The Bertz CT molecular complexity index is 1020. The molecule has 0 heterocycles. The summed E-state index contributed by atoms with van der Waals surface area (Å²) >= 11 is 12.9. The van der Waals surface area contributed by atoms with Crippen molar-refractivity contribution in [1.82, 2.24) is 0 Å². The fraction of sp³-hybridized carbons (Fsp3) is 0.167. The summed E-state index contributed by atoms with van der Waals surface area (Å²) < 4.78 is 0. The number of rotatable bonds is 4. The molecule has 0 saturated heterocycles. The summed E-state index contributed by atoms with van der Waals surface area (Å²) in [6, 6.07) is 21.0. The molecule has 4 heteroatoms. The molecule has 0 unspecified atom stereocenters. The normalized spacial score (nSPS) is 14.3. The van der Waals surface area contributed by atoms with Crippen molar-refractivity contribution in [2.24, 2.45) is 0 Å². The van der Waals surface area contributed by atoms with Crippen LogP contribution in [0.2, 0.25) is 10.0 Å². The van der Waals surface area contributed by atoms with Crippen LogP contribution in [0.4, 0.5) is 0 Å². The number of carbonyl (C=O) groups excluding carboxylic acids is 2. The summed E-state index contributed by atoms with van der Waals surface area (Å²) in [7, 11) is 0. The Kier molecular flexibility index (Phi) is 5.09. The average Bonchev–Trinajstić information content (AvgIpc) is 2.67. The SMILES string of the molecule is CC(=O)C[C@H](c1ccccc1)C1c2cccc(Cl)c2C(=O)c2c(Cl)cccc21. The topological polar surface area (TPSA) is 34.1 Å². The molecule has 0 spiro atoms. The highest BCUT2D eigenvalue weighted by Gasteiger charge is 2.38. The second kappa shape index (κ2) is 7.54. The Labute approximate surface area is 174 Å². The van der Waals surface area contributed by atoms with Gasteiger partial charge in [0.1, 0.15) is 5.78 Å². The zero-order chi connectivity index (χ0) is 19.8. The molecule has 0 amide bonds. The zero-order valence-electron chi connectivity index (χ0n) is 15.3. The van der Waals surface area contributed by atoms with E-state index in [4.69, 9.17) is 23.2 Å². The number of hydrogen-bond acceptors (Lipinski definition) is 2. The highest BCUT2D eigenvalue weighted by atomic mass is 35.5. The molecule has 28 heavy (non-hydrogen) atoms. The third kappa shape index (κ3) is 3.17. The molecule has 0 aliphatic heterocycles. The minimum absolute atomic E-state index is 0.0953. The van der Waals surface area contributed by atoms with Gasteiger partial charge in [0.05, 0.1) is 10.0 Å². The highest BCUT2D eigenvalue weighted by Crippen LogP contribution is 2.49. The second-order valence-corrected chi connectivity index (χ2v) is 7.95. The van der Waals surface area contributed by atoms with E-state index in [0.29, 0.717) is 27.6 Å². The van der Waals surface area contributed by atoms with Crippen molar-refractivity contribution in [2.75, 3.05) is 0 Å². The summed E-state index contributed by atoms with van der Waals surface area (Å²) in [4.78, 5) is 25.4. The van der Waals surface area contributed by atoms with Gasteiger partial charge in [0.25, 0.3) is 0 Å². The van der Waals surface area contributed by atoms with Crippen molar-refractivity contribution in [2.45, 2.75) is 25.2 Å². The van der Waals surface area contributed by atoms with E-state index in [1.165, 1.54) is 0 Å². The third-order valence-corrected chi connectivity index (χ3v) is 5.98. The van der Waals surface area contributed by atoms with E-state index >= 15 is 0 Å². The van der Waals surface area contributed by atoms with Gasteiger partial charge in [-0.3, -0.25) is 4.79 Å². The lowest BCUT2D eigenvalue weighted by Gasteiger charge is -2.34. The number of benzene rings is 3. The van der Waals surface area contributed by atoms with Crippen molar-refractivity contribution >= 4 is 34.8 Å². The minimum Gasteiger partial charge on any atom is -0.300 e. The van der Waals surface area contributed by atoms with Crippen LogP contribution >= 0.6 is 23.2 Å². The van der Waals surface area contributed by atoms with Gasteiger partial charge in [0.15, 0.2) is 5.78 Å². The third-order valence-electron chi connectivity index (χ3n) is 5.35. The first-order valence-electron chi connectivity index (χ1n) is 9.15. The largest absolute Gasteiger partial charge is 0.300 e. The van der Waals surface area contributed by atoms with Gasteiger partial charge in [-0.05, 0) is 35.7 Å². The van der Waals surface area contributed by atoms with E-state index in [1.54, 1.807) is 19.1 Å². The van der Waals surface area contributed by atoms with E-state index < -0.39 is 0 Å². The number of hydrogen-bond donors (Lipinski definition) is 0. The van der Waals surface area contributed by atoms with Crippen molar-refractivity contribution in [3.63, 3.8) is 0 Å². The van der Waals surface area contributed by atoms with Gasteiger partial charge in [0, 0.05) is 29.4 Å². The number of carbonyl (C=O) groups is 2. The number of ketones is 2. The van der Waals surface area contributed by atoms with Gasteiger partial charge in [-0.25, -0.2) is 0 Å². The van der Waals surface area contributed by atoms with Crippen LogP contribution in [-0.2, 0) is 4.79 Å². The molecule has 0 saturated carbocycles. The quantitative estimate of drug-likeness (QED) is 0.498. The molecule has 0 bridgehead atoms. The molecule has 0 aromatic heterocycles. The van der Waals surface area contributed by atoms with Gasteiger partial charge in [-0.15, -0.1) is 0 Å². The molecule has 0 fully saturated rings. The van der Waals surface area contributed by atoms with Crippen LogP contribution in [-0.4, -0.2) is 11.6 Å². The minimum atomic E-state index is -0.189. The smallest absolute Gasteiger partial charge is 0.196 e. The van der Waals surface area contributed by atoms with Crippen LogP contribution in [0, 0.1) is 0 Å². The van der Waals surface area contributed by atoms with Gasteiger partial charge >= 0.3 is 0 Å². The molecule has 1 aliphatic carbocycles. The molecule has 2 nitrogen and oxygen atoms in total. The average molecular weight is 409 g/mol. The Morgan fingerprint density at radius 2 is 1.39 bits per heavy atom. The maximum atomic E-state index is 13.2. The van der Waals surface area contributed by atoms with Crippen LogP contribution in [0.5, 0.6) is 0 Å². The molecule has 140 valence electrons. The van der Waals surface area contributed by atoms with E-state index in [2.05, 4.69) is 0 Å². The monoisotopic (exact) mass is 408 g/mol. The predicted octanol–water partition coefficient (Wildman–Crippen LogP) is 6.43. The van der Waals surface area contributed by atoms with Crippen LogP contribution in [0.3, 0.4) is 0 Å². The second-order valence-electron chi connectivity index (χ2n) is 7.14. The van der Waals surface area contributed by atoms with Gasteiger partial charge in [0.2, 0.25) is 0 Å². The standard InChI is InChI=1S/C24H18Cl2O2/c1-14(27)13-18(15-7-3-2-4-8-15)21-16-9-5-11-19(25)22(16)24(28)23-17(21)10-6-12-20(23)26/h2-12,18,21H,13H2,1H3/t18-/m1/s1. The van der Waals surface area contributed by atoms with Gasteiger partial charge < -0.3 is 4.79 Å². The Hall–Kier alpha value is -2.42. The molecule has 1 atom stereocenters. The maximum absolute atomic E-state index is 13.2.